The Morgan fingerprint density at radius 3 is 2.76 bits per heavy atom. The maximum Gasteiger partial charge on any atom is 0.312 e. The van der Waals surface area contributed by atoms with Gasteiger partial charge in [-0.1, -0.05) is 11.8 Å². The monoisotopic (exact) mass is 253 g/mol. The fraction of sp³-hybridized carbons (Fsp3) is 0.182. The van der Waals surface area contributed by atoms with E-state index in [2.05, 4.69) is 11.8 Å². The third kappa shape index (κ3) is 3.20. The van der Waals surface area contributed by atoms with Crippen LogP contribution in [0.4, 0.5) is 5.69 Å². The predicted octanol–water partition coefficient (Wildman–Crippen LogP) is 2.09. The molecule has 1 N–H and O–H groups in total. The Kier molecular flexibility index (Phi) is 4.49. The van der Waals surface area contributed by atoms with Crippen LogP contribution in [0.3, 0.4) is 0 Å². The first-order valence-corrected chi connectivity index (χ1v) is 5.15. The minimum Gasteiger partial charge on any atom is -0.502 e. The van der Waals surface area contributed by atoms with Gasteiger partial charge in [0.2, 0.25) is 5.75 Å². The summed E-state index contributed by atoms with van der Waals surface area (Å²) in [7, 11) is 0. The van der Waals surface area contributed by atoms with Crippen molar-refractivity contribution in [2.45, 2.75) is 6.42 Å². The van der Waals surface area contributed by atoms with Gasteiger partial charge in [0.05, 0.1) is 10.5 Å². The lowest BCUT2D eigenvalue weighted by Gasteiger charge is -2.00. The quantitative estimate of drug-likeness (QED) is 0.294. The van der Waals surface area contributed by atoms with E-state index in [4.69, 9.17) is 11.6 Å². The van der Waals surface area contributed by atoms with Crippen molar-refractivity contribution in [2.24, 2.45) is 0 Å². The molecule has 17 heavy (non-hydrogen) atoms. The van der Waals surface area contributed by atoms with Crippen LogP contribution in [0.25, 0.3) is 0 Å². The molecule has 0 heterocycles. The molecular formula is C11H8ClNO4. The van der Waals surface area contributed by atoms with Crippen LogP contribution in [0.5, 0.6) is 5.75 Å². The van der Waals surface area contributed by atoms with Gasteiger partial charge in [0.1, 0.15) is 0 Å². The van der Waals surface area contributed by atoms with E-state index in [0.717, 1.165) is 6.07 Å². The van der Waals surface area contributed by atoms with Gasteiger partial charge in [0, 0.05) is 23.9 Å². The van der Waals surface area contributed by atoms with Gasteiger partial charge < -0.3 is 5.11 Å². The number of carbonyl (C=O) groups excluding carboxylic acids is 1. The second-order valence-electron chi connectivity index (χ2n) is 3.05. The molecule has 88 valence electrons. The molecule has 1 aromatic carbocycles. The SMILES string of the molecule is O=Cc1cc(C#CCCCl)cc([N+](=O)[O-])c1O. The van der Waals surface area contributed by atoms with Crippen molar-refractivity contribution >= 4 is 23.6 Å². The summed E-state index contributed by atoms with van der Waals surface area (Å²) in [5.74, 6) is 5.03. The zero-order chi connectivity index (χ0) is 12.8. The Balaban J connectivity index is 3.26. The van der Waals surface area contributed by atoms with Gasteiger partial charge in [-0.25, -0.2) is 0 Å². The van der Waals surface area contributed by atoms with Gasteiger partial charge in [-0.2, -0.15) is 0 Å². The van der Waals surface area contributed by atoms with E-state index in [-0.39, 0.29) is 5.56 Å². The second-order valence-corrected chi connectivity index (χ2v) is 3.43. The van der Waals surface area contributed by atoms with Gasteiger partial charge in [0.15, 0.2) is 6.29 Å². The molecule has 0 atom stereocenters. The number of carbonyl (C=O) groups is 1. The minimum atomic E-state index is -0.769. The summed E-state index contributed by atoms with van der Waals surface area (Å²) in [6.45, 7) is 0. The number of benzene rings is 1. The van der Waals surface area contributed by atoms with E-state index in [1.807, 2.05) is 0 Å². The summed E-state index contributed by atoms with van der Waals surface area (Å²) in [4.78, 5) is 20.5. The Hall–Kier alpha value is -2.06. The molecule has 1 rings (SSSR count). The number of hydrogen-bond donors (Lipinski definition) is 1. The number of aromatic hydroxyl groups is 1. The number of phenols is 1. The highest BCUT2D eigenvalue weighted by atomic mass is 35.5. The molecule has 0 bridgehead atoms. The van der Waals surface area contributed by atoms with Crippen molar-refractivity contribution in [3.8, 4) is 17.6 Å². The molecule has 0 aromatic heterocycles. The standard InChI is InChI=1S/C11H8ClNO4/c12-4-2-1-3-8-5-9(7-14)11(15)10(6-8)13(16)17/h5-7,15H,2,4H2. The number of alkyl halides is 1. The molecule has 0 amide bonds. The number of phenolic OH excluding ortho intramolecular Hbond substituents is 1. The first-order chi connectivity index (χ1) is 8.10. The summed E-state index contributed by atoms with van der Waals surface area (Å²) < 4.78 is 0. The maximum absolute atomic E-state index is 10.6. The smallest absolute Gasteiger partial charge is 0.312 e. The molecule has 0 spiro atoms. The van der Waals surface area contributed by atoms with E-state index >= 15 is 0 Å². The van der Waals surface area contributed by atoms with Crippen LogP contribution >= 0.6 is 11.6 Å². The van der Waals surface area contributed by atoms with Crippen molar-refractivity contribution < 1.29 is 14.8 Å². The van der Waals surface area contributed by atoms with Crippen LogP contribution in [-0.2, 0) is 0 Å². The molecule has 0 aliphatic carbocycles. The highest BCUT2D eigenvalue weighted by Gasteiger charge is 2.18. The van der Waals surface area contributed by atoms with E-state index in [1.54, 1.807) is 0 Å². The summed E-state index contributed by atoms with van der Waals surface area (Å²) in [5, 5.41) is 20.0. The third-order valence-corrected chi connectivity index (χ3v) is 2.08. The van der Waals surface area contributed by atoms with Crippen molar-refractivity contribution in [3.05, 3.63) is 33.4 Å². The van der Waals surface area contributed by atoms with Crippen molar-refractivity contribution in [2.75, 3.05) is 5.88 Å². The Morgan fingerprint density at radius 2 is 2.24 bits per heavy atom. The van der Waals surface area contributed by atoms with Gasteiger partial charge >= 0.3 is 5.69 Å². The number of nitro groups is 1. The van der Waals surface area contributed by atoms with Gasteiger partial charge in [-0.15, -0.1) is 11.6 Å². The average molecular weight is 254 g/mol. The topological polar surface area (TPSA) is 80.4 Å². The first kappa shape index (κ1) is 13.0. The molecule has 0 saturated heterocycles. The van der Waals surface area contributed by atoms with Crippen molar-refractivity contribution in [3.63, 3.8) is 0 Å². The molecule has 0 aliphatic heterocycles. The number of rotatable bonds is 3. The number of halogens is 1. The molecule has 0 unspecified atom stereocenters. The molecule has 1 aromatic rings. The van der Waals surface area contributed by atoms with Crippen LogP contribution in [0.15, 0.2) is 12.1 Å². The zero-order valence-electron chi connectivity index (χ0n) is 8.64. The molecule has 0 saturated carbocycles. The lowest BCUT2D eigenvalue weighted by Crippen LogP contribution is -1.93. The first-order valence-electron chi connectivity index (χ1n) is 4.61. The third-order valence-electron chi connectivity index (χ3n) is 1.90. The Labute approximate surface area is 102 Å². The number of nitro benzene ring substituents is 1. The molecule has 0 radical (unpaired) electrons. The molecule has 6 heteroatoms. The van der Waals surface area contributed by atoms with Gasteiger partial charge in [-0.3, -0.25) is 14.9 Å². The van der Waals surface area contributed by atoms with Crippen LogP contribution in [-0.4, -0.2) is 22.2 Å². The fourth-order valence-electron chi connectivity index (χ4n) is 1.15. The predicted molar refractivity (Wildman–Crippen MR) is 62.4 cm³/mol. The van der Waals surface area contributed by atoms with E-state index in [9.17, 15) is 20.0 Å². The van der Waals surface area contributed by atoms with Crippen LogP contribution in [0.2, 0.25) is 0 Å². The number of nitrogens with zero attached hydrogens (tertiary/aromatic N) is 1. The van der Waals surface area contributed by atoms with Gasteiger partial charge in [0.25, 0.3) is 0 Å². The number of aldehydes is 1. The maximum atomic E-state index is 10.6. The molecule has 0 fully saturated rings. The molecular weight excluding hydrogens is 246 g/mol. The van der Waals surface area contributed by atoms with E-state index in [0.29, 0.717) is 24.2 Å². The zero-order valence-corrected chi connectivity index (χ0v) is 9.40. The normalized spacial score (nSPS) is 9.24. The Morgan fingerprint density at radius 1 is 1.53 bits per heavy atom. The van der Waals surface area contributed by atoms with E-state index < -0.39 is 16.4 Å². The van der Waals surface area contributed by atoms with Crippen LogP contribution in [0, 0.1) is 22.0 Å². The summed E-state index contributed by atoms with van der Waals surface area (Å²) in [6.07, 6.45) is 0.779. The fourth-order valence-corrected chi connectivity index (χ4v) is 1.25. The van der Waals surface area contributed by atoms with Gasteiger partial charge in [-0.05, 0) is 6.07 Å². The summed E-state index contributed by atoms with van der Waals surface area (Å²) in [5.41, 5.74) is -0.402. The summed E-state index contributed by atoms with van der Waals surface area (Å²) >= 11 is 5.43. The van der Waals surface area contributed by atoms with E-state index in [1.165, 1.54) is 6.07 Å². The van der Waals surface area contributed by atoms with Crippen molar-refractivity contribution in [1.82, 2.24) is 0 Å². The Bertz CT molecular complexity index is 516. The molecule has 0 aliphatic rings. The lowest BCUT2D eigenvalue weighted by atomic mass is 10.1. The number of hydrogen-bond acceptors (Lipinski definition) is 4. The van der Waals surface area contributed by atoms with Crippen LogP contribution < -0.4 is 0 Å². The summed E-state index contributed by atoms with van der Waals surface area (Å²) in [6, 6.07) is 2.40. The van der Waals surface area contributed by atoms with Crippen LogP contribution in [0.1, 0.15) is 22.3 Å². The minimum absolute atomic E-state index is 0.158. The average Bonchev–Trinajstić information content (AvgIpc) is 2.30. The second kappa shape index (κ2) is 5.87. The van der Waals surface area contributed by atoms with Crippen molar-refractivity contribution in [1.29, 1.82) is 0 Å². The highest BCUT2D eigenvalue weighted by Crippen LogP contribution is 2.29. The lowest BCUT2D eigenvalue weighted by molar-refractivity contribution is -0.385. The largest absolute Gasteiger partial charge is 0.502 e. The highest BCUT2D eigenvalue weighted by molar-refractivity contribution is 6.18. The molecule has 5 nitrogen and oxygen atoms in total.